The first-order chi connectivity index (χ1) is 17.1. The van der Waals surface area contributed by atoms with Crippen LogP contribution in [-0.4, -0.2) is 67.6 Å². The minimum atomic E-state index is -0.498. The zero-order valence-corrected chi connectivity index (χ0v) is 19.8. The lowest BCUT2D eigenvalue weighted by molar-refractivity contribution is 0.0448. The fourth-order valence-corrected chi connectivity index (χ4v) is 5.38. The van der Waals surface area contributed by atoms with E-state index in [-0.39, 0.29) is 24.1 Å². The van der Waals surface area contributed by atoms with Crippen molar-refractivity contribution in [2.24, 2.45) is 0 Å². The van der Waals surface area contributed by atoms with E-state index in [9.17, 15) is 9.90 Å². The summed E-state index contributed by atoms with van der Waals surface area (Å²) in [4.78, 5) is 22.6. The molecule has 6 rings (SSSR count). The third-order valence-corrected chi connectivity index (χ3v) is 7.47. The number of nitrogens with zero attached hydrogens (tertiary/aromatic N) is 5. The summed E-state index contributed by atoms with van der Waals surface area (Å²) in [5.41, 5.74) is 3.40. The molecule has 0 spiro atoms. The number of amides is 1. The topological polar surface area (TPSA) is 119 Å². The van der Waals surface area contributed by atoms with E-state index in [1.54, 1.807) is 11.6 Å². The van der Waals surface area contributed by atoms with Crippen LogP contribution in [0.2, 0.25) is 0 Å². The van der Waals surface area contributed by atoms with Crippen LogP contribution in [-0.2, 0) is 4.74 Å². The fraction of sp³-hybridized carbons (Fsp3) is 0.440. The molecule has 35 heavy (non-hydrogen) atoms. The van der Waals surface area contributed by atoms with Gasteiger partial charge in [0, 0.05) is 43.6 Å². The summed E-state index contributed by atoms with van der Waals surface area (Å²) >= 11 is 0. The molecule has 182 valence electrons. The SMILES string of the molecule is CNc1cc(-c2cn([C@H]3CCC[C@@H]3OC)c3ncccc23)nc2c(C(=O)N[C@H]3CC[C@H]3O)cnn12. The fourth-order valence-electron chi connectivity index (χ4n) is 5.38. The monoisotopic (exact) mass is 475 g/mol. The summed E-state index contributed by atoms with van der Waals surface area (Å²) in [6.45, 7) is 0. The van der Waals surface area contributed by atoms with Gasteiger partial charge in [-0.15, -0.1) is 0 Å². The Hall–Kier alpha value is -3.50. The molecule has 1 amide bonds. The molecule has 4 aromatic rings. The molecule has 0 aliphatic heterocycles. The Balaban J connectivity index is 1.47. The van der Waals surface area contributed by atoms with Crippen molar-refractivity contribution in [2.45, 2.75) is 56.4 Å². The number of ether oxygens (including phenoxy) is 1. The van der Waals surface area contributed by atoms with Crippen molar-refractivity contribution < 1.29 is 14.6 Å². The highest BCUT2D eigenvalue weighted by atomic mass is 16.5. The van der Waals surface area contributed by atoms with E-state index in [2.05, 4.69) is 32.6 Å². The highest BCUT2D eigenvalue weighted by Crippen LogP contribution is 2.38. The van der Waals surface area contributed by atoms with Crippen molar-refractivity contribution in [3.63, 3.8) is 0 Å². The molecule has 4 aromatic heterocycles. The molecule has 0 unspecified atom stereocenters. The Bertz CT molecular complexity index is 1410. The van der Waals surface area contributed by atoms with Gasteiger partial charge < -0.3 is 25.0 Å². The highest BCUT2D eigenvalue weighted by Gasteiger charge is 2.32. The molecule has 2 fully saturated rings. The number of anilines is 1. The van der Waals surface area contributed by atoms with E-state index in [0.29, 0.717) is 23.4 Å². The first-order valence-electron chi connectivity index (χ1n) is 12.1. The van der Waals surface area contributed by atoms with Gasteiger partial charge in [-0.3, -0.25) is 4.79 Å². The molecule has 3 N–H and O–H groups in total. The van der Waals surface area contributed by atoms with Gasteiger partial charge in [0.25, 0.3) is 5.91 Å². The van der Waals surface area contributed by atoms with Crippen LogP contribution in [0.3, 0.4) is 0 Å². The van der Waals surface area contributed by atoms with Gasteiger partial charge in [-0.1, -0.05) is 0 Å². The lowest BCUT2D eigenvalue weighted by atomic mass is 9.89. The number of hydrogen-bond acceptors (Lipinski definition) is 7. The van der Waals surface area contributed by atoms with E-state index in [1.807, 2.05) is 25.4 Å². The van der Waals surface area contributed by atoms with Gasteiger partial charge in [-0.05, 0) is 44.2 Å². The summed E-state index contributed by atoms with van der Waals surface area (Å²) < 4.78 is 9.62. The lowest BCUT2D eigenvalue weighted by Crippen LogP contribution is -2.50. The van der Waals surface area contributed by atoms with Gasteiger partial charge >= 0.3 is 0 Å². The Morgan fingerprint density at radius 3 is 2.86 bits per heavy atom. The van der Waals surface area contributed by atoms with E-state index < -0.39 is 6.10 Å². The molecule has 2 aliphatic rings. The van der Waals surface area contributed by atoms with Gasteiger partial charge in [-0.2, -0.15) is 9.61 Å². The van der Waals surface area contributed by atoms with Crippen LogP contribution in [0.5, 0.6) is 0 Å². The number of aromatic nitrogens is 5. The van der Waals surface area contributed by atoms with E-state index in [1.165, 1.54) is 6.20 Å². The normalized spacial score (nSPS) is 24.1. The third-order valence-electron chi connectivity index (χ3n) is 7.47. The van der Waals surface area contributed by atoms with Crippen molar-refractivity contribution in [3.8, 4) is 11.3 Å². The number of fused-ring (bicyclic) bond motifs is 2. The Labute approximate surface area is 202 Å². The molecule has 10 heteroatoms. The Morgan fingerprint density at radius 2 is 2.11 bits per heavy atom. The van der Waals surface area contributed by atoms with E-state index >= 15 is 0 Å². The molecule has 2 aliphatic carbocycles. The first kappa shape index (κ1) is 22.0. The minimum Gasteiger partial charge on any atom is -0.391 e. The number of rotatable bonds is 6. The molecule has 10 nitrogen and oxygen atoms in total. The smallest absolute Gasteiger partial charge is 0.257 e. The Kier molecular flexibility index (Phi) is 5.42. The number of aliphatic hydroxyl groups excluding tert-OH is 1. The highest BCUT2D eigenvalue weighted by molar-refractivity contribution is 6.01. The predicted octanol–water partition coefficient (Wildman–Crippen LogP) is 2.78. The van der Waals surface area contributed by atoms with Gasteiger partial charge in [-0.25, -0.2) is 9.97 Å². The summed E-state index contributed by atoms with van der Waals surface area (Å²) in [6, 6.07) is 5.90. The van der Waals surface area contributed by atoms with Crippen molar-refractivity contribution in [3.05, 3.63) is 42.4 Å². The summed E-state index contributed by atoms with van der Waals surface area (Å²) in [7, 11) is 3.59. The zero-order valence-electron chi connectivity index (χ0n) is 19.8. The summed E-state index contributed by atoms with van der Waals surface area (Å²) in [5, 5.41) is 21.4. The second-order valence-corrected chi connectivity index (χ2v) is 9.39. The molecule has 4 atom stereocenters. The molecule has 4 heterocycles. The summed E-state index contributed by atoms with van der Waals surface area (Å²) in [5.74, 6) is 0.432. The van der Waals surface area contributed by atoms with Crippen LogP contribution in [0.15, 0.2) is 36.8 Å². The predicted molar refractivity (Wildman–Crippen MR) is 131 cm³/mol. The number of hydrogen-bond donors (Lipinski definition) is 3. The maximum atomic E-state index is 13.0. The Morgan fingerprint density at radius 1 is 1.23 bits per heavy atom. The van der Waals surface area contributed by atoms with Gasteiger partial charge in [0.05, 0.1) is 36.2 Å². The number of carbonyl (C=O) groups is 1. The molecule has 0 bridgehead atoms. The quantitative estimate of drug-likeness (QED) is 0.392. The lowest BCUT2D eigenvalue weighted by Gasteiger charge is -2.32. The van der Waals surface area contributed by atoms with Crippen molar-refractivity contribution >= 4 is 28.4 Å². The zero-order chi connectivity index (χ0) is 24.1. The van der Waals surface area contributed by atoms with E-state index in [4.69, 9.17) is 14.7 Å². The average Bonchev–Trinajstić information content (AvgIpc) is 3.61. The molecular weight excluding hydrogens is 446 g/mol. The average molecular weight is 476 g/mol. The maximum Gasteiger partial charge on any atom is 0.257 e. The van der Waals surface area contributed by atoms with Crippen LogP contribution in [0, 0.1) is 0 Å². The first-order valence-corrected chi connectivity index (χ1v) is 12.1. The van der Waals surface area contributed by atoms with Crippen molar-refractivity contribution in [2.75, 3.05) is 19.5 Å². The summed E-state index contributed by atoms with van der Waals surface area (Å²) in [6.07, 6.45) is 9.74. The third kappa shape index (κ3) is 3.55. The van der Waals surface area contributed by atoms with Crippen molar-refractivity contribution in [1.29, 1.82) is 0 Å². The molecular formula is C25H29N7O3. The largest absolute Gasteiger partial charge is 0.391 e. The molecule has 0 saturated heterocycles. The van der Waals surface area contributed by atoms with Crippen LogP contribution in [0.25, 0.3) is 27.9 Å². The van der Waals surface area contributed by atoms with Crippen molar-refractivity contribution in [1.82, 2.24) is 29.5 Å². The molecule has 2 saturated carbocycles. The van der Waals surface area contributed by atoms with Crippen LogP contribution >= 0.6 is 0 Å². The van der Waals surface area contributed by atoms with Crippen LogP contribution in [0.4, 0.5) is 5.82 Å². The number of pyridine rings is 1. The number of carbonyl (C=O) groups excluding carboxylic acids is 1. The second kappa shape index (κ2) is 8.62. The maximum absolute atomic E-state index is 13.0. The minimum absolute atomic E-state index is 0.149. The number of aliphatic hydroxyl groups is 1. The number of methoxy groups -OCH3 is 1. The second-order valence-electron chi connectivity index (χ2n) is 9.39. The standard InChI is InChI=1S/C25H29N7O3/c1-26-22-11-18(29-24-15(12-28-32(22)24)25(34)30-17-8-9-20(17)33)16-13-31(19-6-3-7-21(19)35-2)23-14(16)5-4-10-27-23/h4-5,10-13,17,19-21,26,33H,3,6-9H2,1-2H3,(H,30,34)/t17-,19-,20+,21-/m0/s1. The van der Waals surface area contributed by atoms with Gasteiger partial charge in [0.2, 0.25) is 0 Å². The molecule has 0 aromatic carbocycles. The molecule has 0 radical (unpaired) electrons. The van der Waals surface area contributed by atoms with Crippen LogP contribution < -0.4 is 10.6 Å². The van der Waals surface area contributed by atoms with Gasteiger partial charge in [0.1, 0.15) is 17.0 Å². The van der Waals surface area contributed by atoms with Gasteiger partial charge in [0.15, 0.2) is 5.65 Å². The number of nitrogens with one attached hydrogen (secondary N) is 2. The van der Waals surface area contributed by atoms with E-state index in [0.717, 1.165) is 48.0 Å². The van der Waals surface area contributed by atoms with Crippen LogP contribution in [0.1, 0.15) is 48.5 Å².